The van der Waals surface area contributed by atoms with Crippen LogP contribution in [0.2, 0.25) is 5.02 Å². The van der Waals surface area contributed by atoms with E-state index in [-0.39, 0.29) is 6.04 Å². The van der Waals surface area contributed by atoms with Gasteiger partial charge < -0.3 is 10.5 Å². The average molecular weight is 312 g/mol. The highest BCUT2D eigenvalue weighted by Crippen LogP contribution is 2.26. The lowest BCUT2D eigenvalue weighted by atomic mass is 10.0. The number of hydrogen-bond donors (Lipinski definition) is 1. The standard InChI is InChI=1S/C14H22ClN5O/c1-9-11(10(2)19(3)18-9)7-13(16)14-12(15)8-17-20(14)5-6-21-4/h8,13H,5-7,16H2,1-4H3. The largest absolute Gasteiger partial charge is 0.383 e. The normalized spacial score (nSPS) is 12.9. The number of nitrogens with zero attached hydrogens (tertiary/aromatic N) is 4. The lowest BCUT2D eigenvalue weighted by Gasteiger charge is -2.15. The Morgan fingerprint density at radius 1 is 1.43 bits per heavy atom. The van der Waals surface area contributed by atoms with Crippen molar-refractivity contribution in [3.63, 3.8) is 0 Å². The first-order chi connectivity index (χ1) is 9.95. The van der Waals surface area contributed by atoms with Gasteiger partial charge in [-0.2, -0.15) is 10.2 Å². The summed E-state index contributed by atoms with van der Waals surface area (Å²) >= 11 is 6.24. The molecule has 0 fully saturated rings. The van der Waals surface area contributed by atoms with Gasteiger partial charge in [-0.05, 0) is 25.8 Å². The van der Waals surface area contributed by atoms with Crippen LogP contribution in [0.3, 0.4) is 0 Å². The number of methoxy groups -OCH3 is 1. The van der Waals surface area contributed by atoms with Gasteiger partial charge in [0.05, 0.1) is 41.8 Å². The summed E-state index contributed by atoms with van der Waals surface area (Å²) in [5.74, 6) is 0. The van der Waals surface area contributed by atoms with Crippen LogP contribution >= 0.6 is 11.6 Å². The number of aryl methyl sites for hydroxylation is 2. The first-order valence-electron chi connectivity index (χ1n) is 6.90. The third kappa shape index (κ3) is 3.28. The molecule has 116 valence electrons. The van der Waals surface area contributed by atoms with E-state index in [4.69, 9.17) is 22.1 Å². The zero-order valence-electron chi connectivity index (χ0n) is 12.9. The number of aromatic nitrogens is 4. The van der Waals surface area contributed by atoms with Gasteiger partial charge in [0.25, 0.3) is 0 Å². The van der Waals surface area contributed by atoms with Crippen LogP contribution in [0.1, 0.15) is 28.7 Å². The number of hydrogen-bond acceptors (Lipinski definition) is 4. The van der Waals surface area contributed by atoms with E-state index in [1.165, 1.54) is 5.56 Å². The quantitative estimate of drug-likeness (QED) is 0.882. The second kappa shape index (κ2) is 6.60. The third-order valence-electron chi connectivity index (χ3n) is 3.77. The van der Waals surface area contributed by atoms with E-state index in [0.717, 1.165) is 17.1 Å². The van der Waals surface area contributed by atoms with E-state index in [2.05, 4.69) is 10.2 Å². The second-order valence-electron chi connectivity index (χ2n) is 5.18. The molecule has 1 atom stereocenters. The molecule has 6 nitrogen and oxygen atoms in total. The molecule has 1 unspecified atom stereocenters. The van der Waals surface area contributed by atoms with E-state index >= 15 is 0 Å². The van der Waals surface area contributed by atoms with Crippen molar-refractivity contribution in [3.05, 3.63) is 33.9 Å². The van der Waals surface area contributed by atoms with E-state index in [0.29, 0.717) is 24.6 Å². The zero-order chi connectivity index (χ0) is 15.6. The molecule has 2 rings (SSSR count). The fourth-order valence-corrected chi connectivity index (χ4v) is 2.81. The van der Waals surface area contributed by atoms with Gasteiger partial charge in [-0.1, -0.05) is 11.6 Å². The summed E-state index contributed by atoms with van der Waals surface area (Å²) in [5.41, 5.74) is 10.5. The Morgan fingerprint density at radius 3 is 2.71 bits per heavy atom. The van der Waals surface area contributed by atoms with Crippen molar-refractivity contribution in [2.24, 2.45) is 12.8 Å². The molecule has 0 bridgehead atoms. The molecular weight excluding hydrogens is 290 g/mol. The predicted octanol–water partition coefficient (Wildman–Crippen LogP) is 1.78. The fraction of sp³-hybridized carbons (Fsp3) is 0.571. The molecule has 0 saturated carbocycles. The number of halogens is 1. The maximum Gasteiger partial charge on any atom is 0.0834 e. The van der Waals surface area contributed by atoms with Crippen LogP contribution in [0.15, 0.2) is 6.20 Å². The van der Waals surface area contributed by atoms with Crippen molar-refractivity contribution in [1.29, 1.82) is 0 Å². The van der Waals surface area contributed by atoms with Gasteiger partial charge >= 0.3 is 0 Å². The lowest BCUT2D eigenvalue weighted by Crippen LogP contribution is -2.21. The number of ether oxygens (including phenoxy) is 1. The minimum atomic E-state index is -0.224. The first kappa shape index (κ1) is 16.0. The maximum atomic E-state index is 6.37. The zero-order valence-corrected chi connectivity index (χ0v) is 13.7. The summed E-state index contributed by atoms with van der Waals surface area (Å²) in [5, 5.41) is 9.29. The van der Waals surface area contributed by atoms with Crippen LogP contribution in [0.25, 0.3) is 0 Å². The highest BCUT2D eigenvalue weighted by molar-refractivity contribution is 6.31. The van der Waals surface area contributed by atoms with Gasteiger partial charge in [-0.25, -0.2) is 0 Å². The highest BCUT2D eigenvalue weighted by Gasteiger charge is 2.20. The fourth-order valence-electron chi connectivity index (χ4n) is 2.53. The highest BCUT2D eigenvalue weighted by atomic mass is 35.5. The molecule has 0 aliphatic rings. The Hall–Kier alpha value is -1.37. The van der Waals surface area contributed by atoms with E-state index in [1.54, 1.807) is 13.3 Å². The molecule has 2 heterocycles. The van der Waals surface area contributed by atoms with Gasteiger partial charge in [0.2, 0.25) is 0 Å². The Kier molecular flexibility index (Phi) is 5.03. The molecule has 7 heteroatoms. The van der Waals surface area contributed by atoms with Crippen molar-refractivity contribution in [2.45, 2.75) is 32.9 Å². The molecule has 2 aromatic heterocycles. The van der Waals surface area contributed by atoms with Crippen molar-refractivity contribution in [1.82, 2.24) is 19.6 Å². The van der Waals surface area contributed by atoms with Crippen LogP contribution in [0.4, 0.5) is 0 Å². The third-order valence-corrected chi connectivity index (χ3v) is 4.07. The lowest BCUT2D eigenvalue weighted by molar-refractivity contribution is 0.182. The molecule has 0 aliphatic carbocycles. The van der Waals surface area contributed by atoms with Gasteiger partial charge in [-0.3, -0.25) is 9.36 Å². The Bertz CT molecular complexity index is 619. The molecule has 0 amide bonds. The van der Waals surface area contributed by atoms with Gasteiger partial charge in [0.1, 0.15) is 0 Å². The predicted molar refractivity (Wildman–Crippen MR) is 82.4 cm³/mol. The number of rotatable bonds is 6. The van der Waals surface area contributed by atoms with Gasteiger partial charge in [0.15, 0.2) is 0 Å². The summed E-state index contributed by atoms with van der Waals surface area (Å²) in [7, 11) is 3.60. The summed E-state index contributed by atoms with van der Waals surface area (Å²) in [6.07, 6.45) is 2.32. The Labute approximate surface area is 129 Å². The average Bonchev–Trinajstić information content (AvgIpc) is 2.91. The molecule has 0 saturated heterocycles. The van der Waals surface area contributed by atoms with Crippen LogP contribution in [0, 0.1) is 13.8 Å². The van der Waals surface area contributed by atoms with Crippen LogP contribution in [0.5, 0.6) is 0 Å². The van der Waals surface area contributed by atoms with Crippen molar-refractivity contribution < 1.29 is 4.74 Å². The van der Waals surface area contributed by atoms with E-state index in [9.17, 15) is 0 Å². The Balaban J connectivity index is 2.24. The summed E-state index contributed by atoms with van der Waals surface area (Å²) in [4.78, 5) is 0. The van der Waals surface area contributed by atoms with Crippen LogP contribution in [-0.4, -0.2) is 33.3 Å². The van der Waals surface area contributed by atoms with Gasteiger partial charge in [0, 0.05) is 19.9 Å². The van der Waals surface area contributed by atoms with Crippen molar-refractivity contribution >= 4 is 11.6 Å². The topological polar surface area (TPSA) is 70.9 Å². The number of nitrogens with two attached hydrogens (primary N) is 1. The summed E-state index contributed by atoms with van der Waals surface area (Å²) in [6.45, 7) is 5.25. The van der Waals surface area contributed by atoms with Gasteiger partial charge in [-0.15, -0.1) is 0 Å². The molecule has 0 spiro atoms. The minimum absolute atomic E-state index is 0.224. The minimum Gasteiger partial charge on any atom is -0.383 e. The first-order valence-corrected chi connectivity index (χ1v) is 7.28. The smallest absolute Gasteiger partial charge is 0.0834 e. The van der Waals surface area contributed by atoms with Crippen LogP contribution in [-0.2, 0) is 24.8 Å². The van der Waals surface area contributed by atoms with Crippen molar-refractivity contribution in [3.8, 4) is 0 Å². The van der Waals surface area contributed by atoms with E-state index < -0.39 is 0 Å². The maximum absolute atomic E-state index is 6.37. The molecule has 0 aromatic carbocycles. The van der Waals surface area contributed by atoms with E-state index in [1.807, 2.05) is 30.3 Å². The molecule has 0 radical (unpaired) electrons. The molecule has 0 aliphatic heterocycles. The SMILES string of the molecule is COCCn1ncc(Cl)c1C(N)Cc1c(C)nn(C)c1C. The molecular formula is C14H22ClN5O. The summed E-state index contributed by atoms with van der Waals surface area (Å²) < 4.78 is 8.78. The summed E-state index contributed by atoms with van der Waals surface area (Å²) in [6, 6.07) is -0.224. The molecule has 2 N–H and O–H groups in total. The monoisotopic (exact) mass is 311 g/mol. The van der Waals surface area contributed by atoms with Crippen LogP contribution < -0.4 is 5.73 Å². The Morgan fingerprint density at radius 2 is 2.14 bits per heavy atom. The second-order valence-corrected chi connectivity index (χ2v) is 5.58. The molecule has 2 aromatic rings. The van der Waals surface area contributed by atoms with Crippen molar-refractivity contribution in [2.75, 3.05) is 13.7 Å². The molecule has 21 heavy (non-hydrogen) atoms.